The molecule has 0 aromatic carbocycles. The van der Waals surface area contributed by atoms with E-state index in [0.29, 0.717) is 37.2 Å². The summed E-state index contributed by atoms with van der Waals surface area (Å²) in [4.78, 5) is 12.2. The molecule has 32 heavy (non-hydrogen) atoms. The van der Waals surface area contributed by atoms with Crippen LogP contribution in [-0.4, -0.2) is 41.4 Å². The molecule has 0 aromatic heterocycles. The minimum Gasteiger partial charge on any atom is -0.393 e. The third kappa shape index (κ3) is 5.46. The van der Waals surface area contributed by atoms with Gasteiger partial charge in [0.15, 0.2) is 5.78 Å². The summed E-state index contributed by atoms with van der Waals surface area (Å²) in [6.45, 7) is 15.5. The van der Waals surface area contributed by atoms with Crippen LogP contribution in [-0.2, 0) is 9.53 Å². The number of rotatable bonds is 6. The highest BCUT2D eigenvalue weighted by Crippen LogP contribution is 2.59. The van der Waals surface area contributed by atoms with Crippen LogP contribution in [0.1, 0.15) is 79.6 Å². The quantitative estimate of drug-likeness (QED) is 0.576. The molecule has 0 spiro atoms. The number of hydrogen-bond donors (Lipinski definition) is 2. The molecule has 2 N–H and O–H groups in total. The molecule has 3 aliphatic rings. The zero-order valence-corrected chi connectivity index (χ0v) is 20.8. The van der Waals surface area contributed by atoms with Gasteiger partial charge in [-0.05, 0) is 72.8 Å². The topological polar surface area (TPSA) is 66.8 Å². The summed E-state index contributed by atoms with van der Waals surface area (Å²) in [6.07, 6.45) is 10.2. The summed E-state index contributed by atoms with van der Waals surface area (Å²) in [6, 6.07) is 0. The number of aliphatic hydroxyl groups is 2. The predicted molar refractivity (Wildman–Crippen MR) is 129 cm³/mol. The molecule has 180 valence electrons. The van der Waals surface area contributed by atoms with Crippen LogP contribution in [0, 0.1) is 28.6 Å². The first-order chi connectivity index (χ1) is 14.9. The molecule has 0 aliphatic heterocycles. The molecule has 3 rings (SSSR count). The largest absolute Gasteiger partial charge is 0.393 e. The summed E-state index contributed by atoms with van der Waals surface area (Å²) in [7, 11) is 0. The Labute approximate surface area is 194 Å². The van der Waals surface area contributed by atoms with Gasteiger partial charge in [-0.1, -0.05) is 58.9 Å². The fraction of sp³-hybridized carbons (Fsp3) is 0.750. The molecule has 0 heterocycles. The van der Waals surface area contributed by atoms with Crippen molar-refractivity contribution < 1.29 is 19.7 Å². The van der Waals surface area contributed by atoms with E-state index in [1.807, 2.05) is 20.8 Å². The van der Waals surface area contributed by atoms with Gasteiger partial charge in [0.05, 0.1) is 18.8 Å². The summed E-state index contributed by atoms with van der Waals surface area (Å²) >= 11 is 0. The van der Waals surface area contributed by atoms with Gasteiger partial charge in [-0.2, -0.15) is 0 Å². The molecular weight excluding hydrogens is 400 g/mol. The second-order valence-electron chi connectivity index (χ2n) is 11.8. The van der Waals surface area contributed by atoms with Gasteiger partial charge in [0, 0.05) is 11.8 Å². The zero-order chi connectivity index (χ0) is 23.7. The molecule has 6 atom stereocenters. The number of ketones is 1. The van der Waals surface area contributed by atoms with E-state index in [2.05, 4.69) is 32.6 Å². The van der Waals surface area contributed by atoms with Crippen LogP contribution in [0.2, 0.25) is 0 Å². The first-order valence-corrected chi connectivity index (χ1v) is 12.5. The summed E-state index contributed by atoms with van der Waals surface area (Å²) in [5, 5.41) is 20.2. The Morgan fingerprint density at radius 1 is 1.28 bits per heavy atom. The molecule has 3 saturated carbocycles. The molecule has 3 aliphatic carbocycles. The lowest BCUT2D eigenvalue weighted by molar-refractivity contribution is -0.131. The Morgan fingerprint density at radius 3 is 2.69 bits per heavy atom. The molecule has 4 nitrogen and oxygen atoms in total. The van der Waals surface area contributed by atoms with Crippen molar-refractivity contribution in [3.05, 3.63) is 35.5 Å². The molecule has 0 aromatic rings. The van der Waals surface area contributed by atoms with Crippen molar-refractivity contribution in [3.63, 3.8) is 0 Å². The van der Waals surface area contributed by atoms with Gasteiger partial charge in [0.2, 0.25) is 0 Å². The van der Waals surface area contributed by atoms with Crippen LogP contribution in [0.4, 0.5) is 0 Å². The van der Waals surface area contributed by atoms with E-state index in [9.17, 15) is 15.0 Å². The van der Waals surface area contributed by atoms with E-state index in [1.54, 1.807) is 0 Å². The van der Waals surface area contributed by atoms with Crippen LogP contribution in [0.3, 0.4) is 0 Å². The van der Waals surface area contributed by atoms with Gasteiger partial charge in [0.25, 0.3) is 0 Å². The second-order valence-corrected chi connectivity index (χ2v) is 11.8. The zero-order valence-electron chi connectivity index (χ0n) is 20.8. The SMILES string of the molecule is C=C1/C(=C\C=C2/CCC[C@@]3(C)C2CCC3[C@H](C)COCC(=O)C(C)(C)C)C[C@@H](O)C[C@@H]1O. The van der Waals surface area contributed by atoms with E-state index in [-0.39, 0.29) is 23.2 Å². The van der Waals surface area contributed by atoms with Crippen molar-refractivity contribution in [1.29, 1.82) is 0 Å². The maximum atomic E-state index is 12.2. The molecule has 3 fully saturated rings. The summed E-state index contributed by atoms with van der Waals surface area (Å²) in [5.41, 5.74) is 3.16. The fourth-order valence-electron chi connectivity index (χ4n) is 6.35. The first kappa shape index (κ1) is 25.4. The molecular formula is C28H44O4. The summed E-state index contributed by atoms with van der Waals surface area (Å²) < 4.78 is 5.88. The maximum absolute atomic E-state index is 12.2. The van der Waals surface area contributed by atoms with Crippen molar-refractivity contribution in [1.82, 2.24) is 0 Å². The Kier molecular flexibility index (Phi) is 7.89. The number of Topliss-reactive ketones (excluding diaryl/α,β-unsaturated/α-hetero) is 1. The third-order valence-corrected chi connectivity index (χ3v) is 8.44. The normalized spacial score (nSPS) is 37.0. The van der Waals surface area contributed by atoms with Gasteiger partial charge < -0.3 is 14.9 Å². The van der Waals surface area contributed by atoms with E-state index in [4.69, 9.17) is 4.74 Å². The van der Waals surface area contributed by atoms with Gasteiger partial charge in [-0.3, -0.25) is 4.79 Å². The van der Waals surface area contributed by atoms with Crippen molar-refractivity contribution in [2.24, 2.45) is 28.6 Å². The monoisotopic (exact) mass is 444 g/mol. The Hall–Kier alpha value is -1.23. The highest BCUT2D eigenvalue weighted by Gasteiger charge is 2.50. The van der Waals surface area contributed by atoms with E-state index < -0.39 is 12.2 Å². The van der Waals surface area contributed by atoms with E-state index in [1.165, 1.54) is 31.3 Å². The summed E-state index contributed by atoms with van der Waals surface area (Å²) in [5.74, 6) is 1.76. The second kappa shape index (κ2) is 9.95. The number of hydrogen-bond acceptors (Lipinski definition) is 4. The van der Waals surface area contributed by atoms with Gasteiger partial charge in [-0.25, -0.2) is 0 Å². The molecule has 0 amide bonds. The average Bonchev–Trinajstić information content (AvgIpc) is 3.06. The van der Waals surface area contributed by atoms with Crippen molar-refractivity contribution in [3.8, 4) is 0 Å². The van der Waals surface area contributed by atoms with E-state index >= 15 is 0 Å². The smallest absolute Gasteiger partial charge is 0.163 e. The van der Waals surface area contributed by atoms with Crippen molar-refractivity contribution in [2.75, 3.05) is 13.2 Å². The Balaban J connectivity index is 1.67. The maximum Gasteiger partial charge on any atom is 0.163 e. The number of carbonyl (C=O) groups excluding carboxylic acids is 1. The molecule has 2 unspecified atom stereocenters. The third-order valence-electron chi connectivity index (χ3n) is 8.44. The van der Waals surface area contributed by atoms with Crippen LogP contribution >= 0.6 is 0 Å². The van der Waals surface area contributed by atoms with E-state index in [0.717, 1.165) is 17.6 Å². The Bertz CT molecular complexity index is 771. The lowest BCUT2D eigenvalue weighted by atomic mass is 9.61. The Morgan fingerprint density at radius 2 is 2.00 bits per heavy atom. The standard InChI is InChI=1S/C28H44O4/c1-18(16-32-17-26(31)27(3,4)5)23-11-12-24-20(8-7-13-28(23,24)6)9-10-21-14-22(29)15-25(30)19(21)2/h9-10,18,22-25,29-30H,2,7-8,11-17H2,1,3-6H3/b20-9+,21-10-/t18-,22-,23?,24?,25+,28-/m1/s1. The number of carbonyl (C=O) groups is 1. The van der Waals surface area contributed by atoms with Gasteiger partial charge >= 0.3 is 0 Å². The van der Waals surface area contributed by atoms with Gasteiger partial charge in [-0.15, -0.1) is 0 Å². The van der Waals surface area contributed by atoms with Crippen LogP contribution in [0.5, 0.6) is 0 Å². The number of fused-ring (bicyclic) bond motifs is 1. The fourth-order valence-corrected chi connectivity index (χ4v) is 6.35. The highest BCUT2D eigenvalue weighted by molar-refractivity contribution is 5.84. The van der Waals surface area contributed by atoms with Crippen LogP contribution in [0.15, 0.2) is 35.5 Å². The number of aliphatic hydroxyl groups excluding tert-OH is 2. The average molecular weight is 445 g/mol. The van der Waals surface area contributed by atoms with Crippen molar-refractivity contribution >= 4 is 5.78 Å². The molecule has 0 bridgehead atoms. The predicted octanol–water partition coefficient (Wildman–Crippen LogP) is 5.40. The molecule has 0 radical (unpaired) electrons. The van der Waals surface area contributed by atoms with Crippen molar-refractivity contribution in [2.45, 2.75) is 91.8 Å². The minimum absolute atomic E-state index is 0.163. The van der Waals surface area contributed by atoms with Crippen LogP contribution in [0.25, 0.3) is 0 Å². The lowest BCUT2D eigenvalue weighted by Gasteiger charge is -2.44. The first-order valence-electron chi connectivity index (χ1n) is 12.5. The van der Waals surface area contributed by atoms with Crippen LogP contribution < -0.4 is 0 Å². The molecule has 4 heteroatoms. The number of allylic oxidation sites excluding steroid dienone is 3. The lowest BCUT2D eigenvalue weighted by Crippen LogP contribution is -2.37. The molecule has 0 saturated heterocycles. The van der Waals surface area contributed by atoms with Gasteiger partial charge in [0.1, 0.15) is 6.61 Å². The highest BCUT2D eigenvalue weighted by atomic mass is 16.5. The minimum atomic E-state index is -0.637. The number of ether oxygens (including phenoxy) is 1.